The Kier molecular flexibility index (Phi) is 3.53. The minimum absolute atomic E-state index is 0.134. The first-order valence-corrected chi connectivity index (χ1v) is 4.38. The van der Waals surface area contributed by atoms with Crippen molar-refractivity contribution in [1.82, 2.24) is 0 Å². The van der Waals surface area contributed by atoms with Gasteiger partial charge in [-0.05, 0) is 12.5 Å². The van der Waals surface area contributed by atoms with E-state index in [1.54, 1.807) is 12.1 Å². The Bertz CT molecular complexity index is 277. The Morgan fingerprint density at radius 3 is 2.54 bits per heavy atom. The topological polar surface area (TPSA) is 40.5 Å². The molecule has 0 bridgehead atoms. The van der Waals surface area contributed by atoms with Gasteiger partial charge in [0.15, 0.2) is 0 Å². The van der Waals surface area contributed by atoms with E-state index in [-0.39, 0.29) is 5.76 Å². The second-order valence-electron chi connectivity index (χ2n) is 2.89. The lowest BCUT2D eigenvalue weighted by atomic mass is 10.1. The average molecular weight is 178 g/mol. The summed E-state index contributed by atoms with van der Waals surface area (Å²) in [6.45, 7) is 1.86. The molecule has 0 spiro atoms. The van der Waals surface area contributed by atoms with Crippen LogP contribution in [0.25, 0.3) is 5.76 Å². The molecule has 0 aromatic heterocycles. The highest BCUT2D eigenvalue weighted by molar-refractivity contribution is 5.58. The van der Waals surface area contributed by atoms with Gasteiger partial charge in [0.25, 0.3) is 0 Å². The normalized spacial score (nSPS) is 14.2. The average Bonchev–Trinajstić information content (AvgIpc) is 2.19. The van der Waals surface area contributed by atoms with Gasteiger partial charge in [-0.2, -0.15) is 0 Å². The third-order valence-electron chi connectivity index (χ3n) is 1.84. The first kappa shape index (κ1) is 9.81. The van der Waals surface area contributed by atoms with Crippen molar-refractivity contribution in [1.29, 1.82) is 0 Å². The Morgan fingerprint density at radius 2 is 2.00 bits per heavy atom. The molecular weight excluding hydrogens is 164 g/mol. The summed E-state index contributed by atoms with van der Waals surface area (Å²) in [5.41, 5.74) is 0.731. The van der Waals surface area contributed by atoms with Crippen LogP contribution in [0.1, 0.15) is 18.9 Å². The van der Waals surface area contributed by atoms with Crippen molar-refractivity contribution in [3.05, 3.63) is 42.0 Å². The summed E-state index contributed by atoms with van der Waals surface area (Å²) in [4.78, 5) is 0. The van der Waals surface area contributed by atoms with Crippen LogP contribution in [-0.2, 0) is 0 Å². The van der Waals surface area contributed by atoms with Gasteiger partial charge in [0.05, 0.1) is 6.10 Å². The summed E-state index contributed by atoms with van der Waals surface area (Å²) in [7, 11) is 0. The van der Waals surface area contributed by atoms with E-state index in [0.717, 1.165) is 5.56 Å². The monoisotopic (exact) mass is 178 g/mol. The van der Waals surface area contributed by atoms with Gasteiger partial charge in [-0.25, -0.2) is 0 Å². The van der Waals surface area contributed by atoms with Crippen molar-refractivity contribution in [3.8, 4) is 0 Å². The summed E-state index contributed by atoms with van der Waals surface area (Å²) in [6.07, 6.45) is 1.49. The lowest BCUT2D eigenvalue weighted by molar-refractivity contribution is 0.217. The molecule has 1 unspecified atom stereocenters. The van der Waals surface area contributed by atoms with Gasteiger partial charge in [-0.1, -0.05) is 37.3 Å². The molecule has 1 aromatic rings. The maximum absolute atomic E-state index is 9.52. The maximum atomic E-state index is 9.52. The molecule has 2 heteroatoms. The molecule has 2 N–H and O–H groups in total. The molecule has 0 radical (unpaired) electrons. The van der Waals surface area contributed by atoms with Crippen LogP contribution in [0, 0.1) is 0 Å². The minimum Gasteiger partial charge on any atom is -0.508 e. The molecule has 1 aromatic carbocycles. The Morgan fingerprint density at radius 1 is 1.38 bits per heavy atom. The smallest absolute Gasteiger partial charge is 0.121 e. The lowest BCUT2D eigenvalue weighted by Gasteiger charge is -2.03. The number of aliphatic hydroxyl groups is 2. The molecule has 70 valence electrons. The van der Waals surface area contributed by atoms with Gasteiger partial charge in [0.1, 0.15) is 5.76 Å². The zero-order valence-electron chi connectivity index (χ0n) is 7.64. The van der Waals surface area contributed by atoms with Crippen LogP contribution in [0.4, 0.5) is 0 Å². The molecule has 0 fully saturated rings. The van der Waals surface area contributed by atoms with Gasteiger partial charge in [0, 0.05) is 5.56 Å². The van der Waals surface area contributed by atoms with Crippen LogP contribution >= 0.6 is 0 Å². The molecule has 0 amide bonds. The molecule has 0 saturated heterocycles. The lowest BCUT2D eigenvalue weighted by Crippen LogP contribution is -2.00. The Balaban J connectivity index is 2.79. The van der Waals surface area contributed by atoms with Crippen molar-refractivity contribution in [2.45, 2.75) is 19.4 Å². The van der Waals surface area contributed by atoms with Crippen molar-refractivity contribution in [3.63, 3.8) is 0 Å². The third kappa shape index (κ3) is 2.92. The van der Waals surface area contributed by atoms with Gasteiger partial charge in [-0.15, -0.1) is 0 Å². The number of aliphatic hydroxyl groups excluding tert-OH is 2. The fourth-order valence-corrected chi connectivity index (χ4v) is 1.01. The first-order valence-electron chi connectivity index (χ1n) is 4.38. The van der Waals surface area contributed by atoms with Crippen molar-refractivity contribution < 1.29 is 10.2 Å². The van der Waals surface area contributed by atoms with E-state index in [4.69, 9.17) is 0 Å². The molecule has 0 aliphatic heterocycles. The predicted molar refractivity (Wildman–Crippen MR) is 53.3 cm³/mol. The molecule has 0 saturated carbocycles. The molecule has 1 rings (SSSR count). The van der Waals surface area contributed by atoms with Crippen LogP contribution in [0.5, 0.6) is 0 Å². The quantitative estimate of drug-likeness (QED) is 0.697. The SMILES string of the molecule is CCC(O)/C=C(\O)c1ccccc1. The number of hydrogen-bond acceptors (Lipinski definition) is 2. The highest BCUT2D eigenvalue weighted by Gasteiger charge is 2.00. The highest BCUT2D eigenvalue weighted by atomic mass is 16.3. The summed E-state index contributed by atoms with van der Waals surface area (Å²) in [6, 6.07) is 9.17. The minimum atomic E-state index is -0.569. The second kappa shape index (κ2) is 4.67. The summed E-state index contributed by atoms with van der Waals surface area (Å²) in [5, 5.41) is 18.8. The van der Waals surface area contributed by atoms with Crippen LogP contribution in [0.3, 0.4) is 0 Å². The van der Waals surface area contributed by atoms with Crippen molar-refractivity contribution in [2.24, 2.45) is 0 Å². The van der Waals surface area contributed by atoms with E-state index in [1.807, 2.05) is 25.1 Å². The molecule has 0 heterocycles. The van der Waals surface area contributed by atoms with E-state index >= 15 is 0 Å². The Labute approximate surface area is 78.2 Å². The van der Waals surface area contributed by atoms with Crippen molar-refractivity contribution >= 4 is 5.76 Å². The fourth-order valence-electron chi connectivity index (χ4n) is 1.01. The zero-order valence-corrected chi connectivity index (χ0v) is 7.64. The first-order chi connectivity index (χ1) is 6.24. The maximum Gasteiger partial charge on any atom is 0.121 e. The summed E-state index contributed by atoms with van der Waals surface area (Å²) >= 11 is 0. The third-order valence-corrected chi connectivity index (χ3v) is 1.84. The Hall–Kier alpha value is -1.28. The van der Waals surface area contributed by atoms with Gasteiger partial charge >= 0.3 is 0 Å². The van der Waals surface area contributed by atoms with Crippen LogP contribution in [0.15, 0.2) is 36.4 Å². The number of rotatable bonds is 3. The van der Waals surface area contributed by atoms with E-state index in [1.165, 1.54) is 6.08 Å². The predicted octanol–water partition coefficient (Wildman–Crippen LogP) is 2.36. The largest absolute Gasteiger partial charge is 0.508 e. The van der Waals surface area contributed by atoms with Crippen LogP contribution in [-0.4, -0.2) is 16.3 Å². The van der Waals surface area contributed by atoms with Crippen molar-refractivity contribution in [2.75, 3.05) is 0 Å². The molecule has 0 aliphatic rings. The molecular formula is C11H14O2. The molecule has 0 aliphatic carbocycles. The van der Waals surface area contributed by atoms with Gasteiger partial charge < -0.3 is 10.2 Å². The van der Waals surface area contributed by atoms with E-state index in [9.17, 15) is 10.2 Å². The van der Waals surface area contributed by atoms with Crippen LogP contribution in [0.2, 0.25) is 0 Å². The number of benzene rings is 1. The van der Waals surface area contributed by atoms with E-state index in [2.05, 4.69) is 0 Å². The second-order valence-corrected chi connectivity index (χ2v) is 2.89. The zero-order chi connectivity index (χ0) is 9.68. The molecule has 2 nitrogen and oxygen atoms in total. The molecule has 13 heavy (non-hydrogen) atoms. The highest BCUT2D eigenvalue weighted by Crippen LogP contribution is 2.11. The summed E-state index contributed by atoms with van der Waals surface area (Å²) < 4.78 is 0. The van der Waals surface area contributed by atoms with Crippen LogP contribution < -0.4 is 0 Å². The number of hydrogen-bond donors (Lipinski definition) is 2. The molecule has 1 atom stereocenters. The van der Waals surface area contributed by atoms with Gasteiger partial charge in [-0.3, -0.25) is 0 Å². The van der Waals surface area contributed by atoms with Gasteiger partial charge in [0.2, 0.25) is 0 Å². The van der Waals surface area contributed by atoms with E-state index < -0.39 is 6.10 Å². The fraction of sp³-hybridized carbons (Fsp3) is 0.273. The standard InChI is InChI=1S/C11H14O2/c1-2-10(12)8-11(13)9-6-4-3-5-7-9/h3-8,10,12-13H,2H2,1H3/b11-8-. The summed E-state index contributed by atoms with van der Waals surface area (Å²) in [5.74, 6) is 0.134. The van der Waals surface area contributed by atoms with E-state index in [0.29, 0.717) is 6.42 Å².